The lowest BCUT2D eigenvalue weighted by Gasteiger charge is -2.31. The molecular weight excluding hydrogens is 436 g/mol. The third kappa shape index (κ3) is 6.45. The number of hydrogen-bond donors (Lipinski definition) is 1. The number of piperidine rings is 1. The van der Waals surface area contributed by atoms with Crippen molar-refractivity contribution < 1.29 is 17.9 Å². The summed E-state index contributed by atoms with van der Waals surface area (Å²) in [6.45, 7) is 5.42. The molecule has 1 atom stereocenters. The lowest BCUT2D eigenvalue weighted by atomic mass is 9.99. The first-order chi connectivity index (χ1) is 14.8. The second kappa shape index (κ2) is 10.5. The largest absolute Gasteiger partial charge is 0.491 e. The van der Waals surface area contributed by atoms with Gasteiger partial charge >= 0.3 is 0 Å². The summed E-state index contributed by atoms with van der Waals surface area (Å²) in [6, 6.07) is 12.7. The number of ether oxygens (including phenoxy) is 1. The number of rotatable bonds is 8. The van der Waals surface area contributed by atoms with Crippen molar-refractivity contribution in [1.82, 2.24) is 9.62 Å². The van der Waals surface area contributed by atoms with Crippen LogP contribution in [0.2, 0.25) is 5.02 Å². The average molecular weight is 465 g/mol. The van der Waals surface area contributed by atoms with E-state index in [9.17, 15) is 13.2 Å². The highest BCUT2D eigenvalue weighted by Crippen LogP contribution is 2.23. The molecule has 1 heterocycles. The maximum Gasteiger partial charge on any atom is 0.224 e. The minimum absolute atomic E-state index is 0.0950. The highest BCUT2D eigenvalue weighted by Gasteiger charge is 2.32. The molecule has 3 rings (SSSR count). The molecule has 2 aromatic carbocycles. The molecule has 0 bridgehead atoms. The van der Waals surface area contributed by atoms with Crippen molar-refractivity contribution in [3.63, 3.8) is 0 Å². The zero-order valence-electron chi connectivity index (χ0n) is 17.9. The number of benzene rings is 2. The van der Waals surface area contributed by atoms with E-state index in [1.54, 1.807) is 24.3 Å². The summed E-state index contributed by atoms with van der Waals surface area (Å²) in [5.74, 6) is 0.235. The Balaban J connectivity index is 1.49. The molecule has 31 heavy (non-hydrogen) atoms. The Morgan fingerprint density at radius 1 is 1.19 bits per heavy atom. The SMILES string of the molecule is Cc1cccc(OCCNC(=O)[C@H]2CCCN(S(=O)(=O)Cc3ccc(Cl)cc3)C2)c1C. The molecule has 0 unspecified atom stereocenters. The van der Waals surface area contributed by atoms with Crippen molar-refractivity contribution in [3.8, 4) is 5.75 Å². The molecule has 1 saturated heterocycles. The van der Waals surface area contributed by atoms with E-state index in [2.05, 4.69) is 5.32 Å². The molecule has 0 spiro atoms. The summed E-state index contributed by atoms with van der Waals surface area (Å²) in [5.41, 5.74) is 2.92. The normalized spacial score (nSPS) is 17.3. The second-order valence-electron chi connectivity index (χ2n) is 7.92. The molecule has 6 nitrogen and oxygen atoms in total. The molecule has 0 aliphatic carbocycles. The molecular formula is C23H29ClN2O4S. The van der Waals surface area contributed by atoms with E-state index in [1.165, 1.54) is 4.31 Å². The Labute approximate surface area is 189 Å². The van der Waals surface area contributed by atoms with Gasteiger partial charge in [-0.15, -0.1) is 0 Å². The van der Waals surface area contributed by atoms with Crippen molar-refractivity contribution in [1.29, 1.82) is 0 Å². The zero-order valence-corrected chi connectivity index (χ0v) is 19.5. The Kier molecular flexibility index (Phi) is 7.97. The van der Waals surface area contributed by atoms with E-state index in [1.807, 2.05) is 32.0 Å². The van der Waals surface area contributed by atoms with E-state index in [4.69, 9.17) is 16.3 Å². The van der Waals surface area contributed by atoms with Crippen LogP contribution in [0, 0.1) is 19.8 Å². The van der Waals surface area contributed by atoms with Gasteiger partial charge in [-0.25, -0.2) is 12.7 Å². The van der Waals surface area contributed by atoms with Gasteiger partial charge in [0.15, 0.2) is 0 Å². The molecule has 1 amide bonds. The lowest BCUT2D eigenvalue weighted by Crippen LogP contribution is -2.46. The number of nitrogens with one attached hydrogen (secondary N) is 1. The van der Waals surface area contributed by atoms with Crippen LogP contribution in [0.1, 0.15) is 29.5 Å². The van der Waals surface area contributed by atoms with E-state index in [0.29, 0.717) is 43.1 Å². The van der Waals surface area contributed by atoms with Crippen LogP contribution in [-0.2, 0) is 20.6 Å². The molecule has 0 saturated carbocycles. The van der Waals surface area contributed by atoms with Crippen molar-refractivity contribution in [2.75, 3.05) is 26.2 Å². The van der Waals surface area contributed by atoms with Gasteiger partial charge in [0.2, 0.25) is 15.9 Å². The van der Waals surface area contributed by atoms with Gasteiger partial charge in [0.05, 0.1) is 18.2 Å². The number of hydrogen-bond acceptors (Lipinski definition) is 4. The van der Waals surface area contributed by atoms with Crippen LogP contribution in [0.15, 0.2) is 42.5 Å². The van der Waals surface area contributed by atoms with E-state index in [-0.39, 0.29) is 24.1 Å². The first-order valence-electron chi connectivity index (χ1n) is 10.5. The van der Waals surface area contributed by atoms with Crippen molar-refractivity contribution in [2.24, 2.45) is 5.92 Å². The Morgan fingerprint density at radius 2 is 1.94 bits per heavy atom. The third-order valence-electron chi connectivity index (χ3n) is 5.62. The van der Waals surface area contributed by atoms with Gasteiger partial charge in [0.25, 0.3) is 0 Å². The zero-order chi connectivity index (χ0) is 22.4. The maximum absolute atomic E-state index is 12.8. The van der Waals surface area contributed by atoms with Crippen LogP contribution in [0.4, 0.5) is 0 Å². The summed E-state index contributed by atoms with van der Waals surface area (Å²) in [6.07, 6.45) is 1.34. The topological polar surface area (TPSA) is 75.7 Å². The standard InChI is InChI=1S/C23H29ClN2O4S/c1-17-5-3-7-22(18(17)2)30-14-12-25-23(27)20-6-4-13-26(15-20)31(28,29)16-19-8-10-21(24)11-9-19/h3,5,7-11,20H,4,6,12-16H2,1-2H3,(H,25,27)/t20-/m0/s1. The summed E-state index contributed by atoms with van der Waals surface area (Å²) in [5, 5.41) is 3.45. The van der Waals surface area contributed by atoms with E-state index >= 15 is 0 Å². The Hall–Kier alpha value is -2.09. The molecule has 168 valence electrons. The maximum atomic E-state index is 12.8. The predicted octanol–water partition coefficient (Wildman–Crippen LogP) is 3.69. The third-order valence-corrected chi connectivity index (χ3v) is 7.69. The van der Waals surface area contributed by atoms with Crippen LogP contribution in [0.3, 0.4) is 0 Å². The number of halogens is 1. The average Bonchev–Trinajstić information content (AvgIpc) is 2.75. The smallest absolute Gasteiger partial charge is 0.224 e. The van der Waals surface area contributed by atoms with Gasteiger partial charge in [-0.05, 0) is 61.6 Å². The quantitative estimate of drug-likeness (QED) is 0.604. The van der Waals surface area contributed by atoms with Crippen molar-refractivity contribution >= 4 is 27.5 Å². The van der Waals surface area contributed by atoms with Gasteiger partial charge in [0, 0.05) is 18.1 Å². The van der Waals surface area contributed by atoms with Crippen LogP contribution in [-0.4, -0.2) is 44.9 Å². The molecule has 1 aliphatic rings. The van der Waals surface area contributed by atoms with Gasteiger partial charge in [-0.2, -0.15) is 0 Å². The molecule has 1 aliphatic heterocycles. The van der Waals surface area contributed by atoms with Crippen molar-refractivity contribution in [2.45, 2.75) is 32.4 Å². The minimum atomic E-state index is -3.50. The number of carbonyl (C=O) groups excluding carboxylic acids is 1. The number of sulfonamides is 1. The van der Waals surface area contributed by atoms with Gasteiger partial charge in [-0.3, -0.25) is 4.79 Å². The van der Waals surface area contributed by atoms with Gasteiger partial charge in [0.1, 0.15) is 12.4 Å². The van der Waals surface area contributed by atoms with Crippen LogP contribution in [0.5, 0.6) is 5.75 Å². The number of amides is 1. The fraction of sp³-hybridized carbons (Fsp3) is 0.435. The fourth-order valence-electron chi connectivity index (χ4n) is 3.65. The minimum Gasteiger partial charge on any atom is -0.491 e. The lowest BCUT2D eigenvalue weighted by molar-refractivity contribution is -0.126. The summed E-state index contributed by atoms with van der Waals surface area (Å²) in [7, 11) is -3.50. The first kappa shape index (κ1) is 23.6. The predicted molar refractivity (Wildman–Crippen MR) is 123 cm³/mol. The fourth-order valence-corrected chi connectivity index (χ4v) is 5.39. The summed E-state index contributed by atoms with van der Waals surface area (Å²) < 4.78 is 32.9. The molecule has 0 radical (unpaired) electrons. The summed E-state index contributed by atoms with van der Waals surface area (Å²) in [4.78, 5) is 12.6. The summed E-state index contributed by atoms with van der Waals surface area (Å²) >= 11 is 5.87. The van der Waals surface area contributed by atoms with Crippen LogP contribution in [0.25, 0.3) is 0 Å². The Morgan fingerprint density at radius 3 is 2.68 bits per heavy atom. The van der Waals surface area contributed by atoms with Crippen LogP contribution < -0.4 is 10.1 Å². The number of carbonyl (C=O) groups is 1. The van der Waals surface area contributed by atoms with E-state index < -0.39 is 10.0 Å². The van der Waals surface area contributed by atoms with Gasteiger partial charge in [-0.1, -0.05) is 35.9 Å². The molecule has 1 fully saturated rings. The Bertz CT molecular complexity index is 1010. The second-order valence-corrected chi connectivity index (χ2v) is 10.3. The van der Waals surface area contributed by atoms with Gasteiger partial charge < -0.3 is 10.1 Å². The van der Waals surface area contributed by atoms with E-state index in [0.717, 1.165) is 16.9 Å². The number of aryl methyl sites for hydroxylation is 1. The van der Waals surface area contributed by atoms with Crippen molar-refractivity contribution in [3.05, 3.63) is 64.2 Å². The monoisotopic (exact) mass is 464 g/mol. The molecule has 8 heteroatoms. The highest BCUT2D eigenvalue weighted by atomic mass is 35.5. The van der Waals surface area contributed by atoms with Crippen LogP contribution >= 0.6 is 11.6 Å². The first-order valence-corrected chi connectivity index (χ1v) is 12.4. The highest BCUT2D eigenvalue weighted by molar-refractivity contribution is 7.88. The molecule has 1 N–H and O–H groups in total. The number of nitrogens with zero attached hydrogens (tertiary/aromatic N) is 1. The molecule has 2 aromatic rings. The molecule has 0 aromatic heterocycles.